The molecule has 2 aromatic heterocycles. The lowest BCUT2D eigenvalue weighted by Gasteiger charge is -2.05. The second kappa shape index (κ2) is 5.18. The normalized spacial score (nSPS) is 11.0. The Morgan fingerprint density at radius 2 is 2.05 bits per heavy atom. The maximum atomic E-state index is 4.35. The monoisotopic (exact) mass is 252 g/mol. The molecule has 3 rings (SSSR count). The molecule has 3 aromatic rings. The summed E-state index contributed by atoms with van der Waals surface area (Å²) in [6, 6.07) is 12.0. The van der Waals surface area contributed by atoms with Gasteiger partial charge in [-0.2, -0.15) is 4.68 Å². The van der Waals surface area contributed by atoms with Crippen LogP contribution < -0.4 is 0 Å². The molecule has 0 aliphatic heterocycles. The van der Waals surface area contributed by atoms with E-state index in [9.17, 15) is 0 Å². The van der Waals surface area contributed by atoms with E-state index in [1.54, 1.807) is 6.20 Å². The molecule has 0 saturated carbocycles. The number of hydrogen-bond acceptors (Lipinski definition) is 3. The standard InChI is InChI=1S/C15H16N4/c1-2-3-7-12-8-6-9-13-15(12)19(18-17-13)14-10-4-5-11-16-14/h4-6,8-11H,2-3,7H2,1H3. The molecule has 4 heteroatoms. The van der Waals surface area contributed by atoms with Crippen LogP contribution in [-0.2, 0) is 6.42 Å². The zero-order chi connectivity index (χ0) is 13.1. The Kier molecular flexibility index (Phi) is 3.23. The third-order valence-electron chi connectivity index (χ3n) is 3.22. The van der Waals surface area contributed by atoms with Gasteiger partial charge >= 0.3 is 0 Å². The van der Waals surface area contributed by atoms with Crippen LogP contribution in [0.4, 0.5) is 0 Å². The highest BCUT2D eigenvalue weighted by Gasteiger charge is 2.11. The van der Waals surface area contributed by atoms with E-state index in [0.717, 1.165) is 23.3 Å². The predicted octanol–water partition coefficient (Wildman–Crippen LogP) is 3.16. The largest absolute Gasteiger partial charge is 0.237 e. The van der Waals surface area contributed by atoms with Crippen molar-refractivity contribution in [2.45, 2.75) is 26.2 Å². The molecule has 0 spiro atoms. The van der Waals surface area contributed by atoms with E-state index in [-0.39, 0.29) is 0 Å². The van der Waals surface area contributed by atoms with Crippen molar-refractivity contribution in [3.8, 4) is 5.82 Å². The fourth-order valence-corrected chi connectivity index (χ4v) is 2.25. The number of para-hydroxylation sites is 1. The zero-order valence-electron chi connectivity index (χ0n) is 11.0. The molecule has 96 valence electrons. The average molecular weight is 252 g/mol. The number of nitrogens with zero attached hydrogens (tertiary/aromatic N) is 4. The van der Waals surface area contributed by atoms with Crippen molar-refractivity contribution in [3.63, 3.8) is 0 Å². The van der Waals surface area contributed by atoms with Crippen LogP contribution >= 0.6 is 0 Å². The zero-order valence-corrected chi connectivity index (χ0v) is 11.0. The second-order valence-electron chi connectivity index (χ2n) is 4.58. The highest BCUT2D eigenvalue weighted by molar-refractivity contribution is 5.79. The number of aryl methyl sites for hydroxylation is 1. The van der Waals surface area contributed by atoms with Gasteiger partial charge in [-0.25, -0.2) is 4.98 Å². The first-order valence-electron chi connectivity index (χ1n) is 6.65. The number of hydrogen-bond donors (Lipinski definition) is 0. The Balaban J connectivity index is 2.15. The van der Waals surface area contributed by atoms with Gasteiger partial charge in [-0.1, -0.05) is 36.8 Å². The summed E-state index contributed by atoms with van der Waals surface area (Å²) in [5.74, 6) is 0.814. The molecule has 0 aliphatic carbocycles. The van der Waals surface area contributed by atoms with Gasteiger partial charge in [0, 0.05) is 6.20 Å². The predicted molar refractivity (Wildman–Crippen MR) is 75.3 cm³/mol. The quantitative estimate of drug-likeness (QED) is 0.716. The summed E-state index contributed by atoms with van der Waals surface area (Å²) in [4.78, 5) is 4.35. The van der Waals surface area contributed by atoms with Crippen molar-refractivity contribution in [2.75, 3.05) is 0 Å². The van der Waals surface area contributed by atoms with E-state index in [1.165, 1.54) is 18.4 Å². The smallest absolute Gasteiger partial charge is 0.155 e. The Labute approximate surface area is 112 Å². The van der Waals surface area contributed by atoms with Crippen molar-refractivity contribution < 1.29 is 0 Å². The second-order valence-corrected chi connectivity index (χ2v) is 4.58. The van der Waals surface area contributed by atoms with Crippen molar-refractivity contribution >= 4 is 11.0 Å². The summed E-state index contributed by atoms with van der Waals surface area (Å²) in [5, 5.41) is 8.48. The van der Waals surface area contributed by atoms with Gasteiger partial charge in [-0.15, -0.1) is 5.10 Å². The molecular weight excluding hydrogens is 236 g/mol. The molecule has 0 aliphatic rings. The van der Waals surface area contributed by atoms with E-state index in [4.69, 9.17) is 0 Å². The molecule has 0 saturated heterocycles. The van der Waals surface area contributed by atoms with Crippen LogP contribution in [0, 0.1) is 0 Å². The minimum atomic E-state index is 0.814. The molecule has 0 radical (unpaired) electrons. The maximum Gasteiger partial charge on any atom is 0.155 e. The number of unbranched alkanes of at least 4 members (excludes halogenated alkanes) is 1. The molecular formula is C15H16N4. The van der Waals surface area contributed by atoms with E-state index < -0.39 is 0 Å². The first kappa shape index (κ1) is 11.8. The van der Waals surface area contributed by atoms with Gasteiger partial charge in [0.15, 0.2) is 5.82 Å². The average Bonchev–Trinajstić information content (AvgIpc) is 2.90. The van der Waals surface area contributed by atoms with E-state index in [1.807, 2.05) is 35.0 Å². The summed E-state index contributed by atoms with van der Waals surface area (Å²) in [5.41, 5.74) is 3.30. The van der Waals surface area contributed by atoms with E-state index in [0.29, 0.717) is 0 Å². The number of aromatic nitrogens is 4. The van der Waals surface area contributed by atoms with Gasteiger partial charge in [0.05, 0.1) is 5.52 Å². The van der Waals surface area contributed by atoms with Crippen LogP contribution in [-0.4, -0.2) is 20.0 Å². The van der Waals surface area contributed by atoms with Crippen LogP contribution in [0.25, 0.3) is 16.9 Å². The van der Waals surface area contributed by atoms with Crippen LogP contribution in [0.3, 0.4) is 0 Å². The Hall–Kier alpha value is -2.23. The molecule has 4 nitrogen and oxygen atoms in total. The highest BCUT2D eigenvalue weighted by Crippen LogP contribution is 2.20. The van der Waals surface area contributed by atoms with Crippen LogP contribution in [0.1, 0.15) is 25.3 Å². The lowest BCUT2D eigenvalue weighted by Crippen LogP contribution is -2.01. The summed E-state index contributed by atoms with van der Waals surface area (Å²) in [7, 11) is 0. The van der Waals surface area contributed by atoms with Gasteiger partial charge in [0.1, 0.15) is 5.52 Å². The number of pyridine rings is 1. The minimum absolute atomic E-state index is 0.814. The summed E-state index contributed by atoms with van der Waals surface area (Å²) >= 11 is 0. The lowest BCUT2D eigenvalue weighted by atomic mass is 10.1. The van der Waals surface area contributed by atoms with E-state index in [2.05, 4.69) is 28.3 Å². The Morgan fingerprint density at radius 1 is 1.11 bits per heavy atom. The Morgan fingerprint density at radius 3 is 2.84 bits per heavy atom. The molecule has 0 fully saturated rings. The SMILES string of the molecule is CCCCc1cccc2nnn(-c3ccccn3)c12. The number of benzene rings is 1. The third-order valence-corrected chi connectivity index (χ3v) is 3.22. The third kappa shape index (κ3) is 2.21. The summed E-state index contributed by atoms with van der Waals surface area (Å²) in [6.07, 6.45) is 5.18. The molecule has 19 heavy (non-hydrogen) atoms. The van der Waals surface area contributed by atoms with Crippen LogP contribution in [0.5, 0.6) is 0 Å². The summed E-state index contributed by atoms with van der Waals surface area (Å²) in [6.45, 7) is 2.20. The van der Waals surface area contributed by atoms with Crippen molar-refractivity contribution in [1.82, 2.24) is 20.0 Å². The fourth-order valence-electron chi connectivity index (χ4n) is 2.25. The topological polar surface area (TPSA) is 43.6 Å². The van der Waals surface area contributed by atoms with Crippen LogP contribution in [0.15, 0.2) is 42.6 Å². The highest BCUT2D eigenvalue weighted by atomic mass is 15.4. The van der Waals surface area contributed by atoms with Gasteiger partial charge in [-0.05, 0) is 36.6 Å². The van der Waals surface area contributed by atoms with Gasteiger partial charge in [0.25, 0.3) is 0 Å². The van der Waals surface area contributed by atoms with Gasteiger partial charge in [-0.3, -0.25) is 0 Å². The fraction of sp³-hybridized carbons (Fsp3) is 0.267. The number of fused-ring (bicyclic) bond motifs is 1. The summed E-state index contributed by atoms with van der Waals surface area (Å²) < 4.78 is 1.83. The van der Waals surface area contributed by atoms with Gasteiger partial charge < -0.3 is 0 Å². The number of rotatable bonds is 4. The van der Waals surface area contributed by atoms with Crippen LogP contribution in [0.2, 0.25) is 0 Å². The molecule has 1 aromatic carbocycles. The molecule has 0 atom stereocenters. The van der Waals surface area contributed by atoms with Crippen molar-refractivity contribution in [1.29, 1.82) is 0 Å². The first-order valence-corrected chi connectivity index (χ1v) is 6.65. The molecule has 0 unspecified atom stereocenters. The first-order chi connectivity index (χ1) is 9.40. The van der Waals surface area contributed by atoms with Crippen molar-refractivity contribution in [2.24, 2.45) is 0 Å². The van der Waals surface area contributed by atoms with E-state index >= 15 is 0 Å². The molecule has 0 amide bonds. The molecule has 0 N–H and O–H groups in total. The molecule has 0 bridgehead atoms. The van der Waals surface area contributed by atoms with Crippen molar-refractivity contribution in [3.05, 3.63) is 48.2 Å². The maximum absolute atomic E-state index is 4.35. The molecule has 2 heterocycles. The Bertz CT molecular complexity index is 673. The van der Waals surface area contributed by atoms with Gasteiger partial charge in [0.2, 0.25) is 0 Å². The lowest BCUT2D eigenvalue weighted by molar-refractivity contribution is 0.778. The minimum Gasteiger partial charge on any atom is -0.237 e.